The van der Waals surface area contributed by atoms with Crippen molar-refractivity contribution in [2.75, 3.05) is 18.0 Å². The fourth-order valence-electron chi connectivity index (χ4n) is 2.86. The largest absolute Gasteiger partial charge is 0.481 e. The molecule has 0 saturated carbocycles. The first-order chi connectivity index (χ1) is 9.89. The number of nitro benzene ring substituents is 1. The number of rotatable bonds is 4. The number of piperidine rings is 1. The summed E-state index contributed by atoms with van der Waals surface area (Å²) in [5, 5.41) is 20.5. The minimum atomic E-state index is -0.932. The van der Waals surface area contributed by atoms with Gasteiger partial charge < -0.3 is 10.0 Å². The van der Waals surface area contributed by atoms with Crippen molar-refractivity contribution in [1.82, 2.24) is 0 Å². The molecule has 0 bridgehead atoms. The Kier molecular flexibility index (Phi) is 4.11. The van der Waals surface area contributed by atoms with E-state index in [1.807, 2.05) is 0 Å². The SMILES string of the molecule is CCC1(C(=O)O)CCCN(c2cc(F)ccc2[N+](=O)[O-])C1. The number of nitro groups is 1. The number of halogens is 1. The maximum atomic E-state index is 13.4. The number of carboxylic acids is 1. The Balaban J connectivity index is 2.40. The molecule has 1 aliphatic heterocycles. The fourth-order valence-corrected chi connectivity index (χ4v) is 2.86. The average Bonchev–Trinajstić information content (AvgIpc) is 2.46. The predicted octanol–water partition coefficient (Wildman–Crippen LogP) is 2.82. The topological polar surface area (TPSA) is 83.7 Å². The molecule has 1 fully saturated rings. The molecule has 1 aromatic rings. The summed E-state index contributed by atoms with van der Waals surface area (Å²) in [6.45, 7) is 2.43. The van der Waals surface area contributed by atoms with Gasteiger partial charge in [0.1, 0.15) is 11.5 Å². The van der Waals surface area contributed by atoms with Gasteiger partial charge in [0.25, 0.3) is 5.69 Å². The molecule has 0 amide bonds. The van der Waals surface area contributed by atoms with Crippen molar-refractivity contribution in [3.63, 3.8) is 0 Å². The zero-order valence-electron chi connectivity index (χ0n) is 11.7. The molecule has 114 valence electrons. The lowest BCUT2D eigenvalue weighted by molar-refractivity contribution is -0.384. The van der Waals surface area contributed by atoms with Crippen molar-refractivity contribution in [3.05, 3.63) is 34.1 Å². The van der Waals surface area contributed by atoms with E-state index in [1.165, 1.54) is 0 Å². The Morgan fingerprint density at radius 1 is 1.57 bits per heavy atom. The molecule has 2 rings (SSSR count). The van der Waals surface area contributed by atoms with Gasteiger partial charge in [-0.3, -0.25) is 14.9 Å². The molecule has 1 atom stereocenters. The summed E-state index contributed by atoms with van der Waals surface area (Å²) in [7, 11) is 0. The smallest absolute Gasteiger partial charge is 0.311 e. The first kappa shape index (κ1) is 15.2. The predicted molar refractivity (Wildman–Crippen MR) is 74.9 cm³/mol. The number of anilines is 1. The number of aliphatic carboxylic acids is 1. The van der Waals surface area contributed by atoms with Crippen LogP contribution < -0.4 is 4.90 Å². The minimum absolute atomic E-state index is 0.152. The lowest BCUT2D eigenvalue weighted by atomic mass is 9.77. The summed E-state index contributed by atoms with van der Waals surface area (Å²) in [5.74, 6) is -1.48. The molecule has 6 nitrogen and oxygen atoms in total. The van der Waals surface area contributed by atoms with Crippen LogP contribution in [-0.2, 0) is 4.79 Å². The summed E-state index contributed by atoms with van der Waals surface area (Å²) >= 11 is 0. The summed E-state index contributed by atoms with van der Waals surface area (Å²) in [5.41, 5.74) is -0.981. The van der Waals surface area contributed by atoms with Gasteiger partial charge in [0.2, 0.25) is 0 Å². The van der Waals surface area contributed by atoms with E-state index in [2.05, 4.69) is 0 Å². The fraction of sp³-hybridized carbons (Fsp3) is 0.500. The number of nitrogens with zero attached hydrogens (tertiary/aromatic N) is 2. The van der Waals surface area contributed by atoms with Gasteiger partial charge in [0.05, 0.1) is 10.3 Å². The van der Waals surface area contributed by atoms with E-state index in [4.69, 9.17) is 0 Å². The molecule has 1 aromatic carbocycles. The van der Waals surface area contributed by atoms with Crippen molar-refractivity contribution in [1.29, 1.82) is 0 Å². The third-order valence-electron chi connectivity index (χ3n) is 4.18. The van der Waals surface area contributed by atoms with Crippen molar-refractivity contribution in [2.24, 2.45) is 5.41 Å². The minimum Gasteiger partial charge on any atom is -0.481 e. The second-order valence-electron chi connectivity index (χ2n) is 5.35. The molecular weight excluding hydrogens is 279 g/mol. The number of hydrogen-bond donors (Lipinski definition) is 1. The number of carbonyl (C=O) groups is 1. The lowest BCUT2D eigenvalue weighted by Crippen LogP contribution is -2.47. The van der Waals surface area contributed by atoms with Crippen LogP contribution >= 0.6 is 0 Å². The van der Waals surface area contributed by atoms with Gasteiger partial charge in [0, 0.05) is 25.2 Å². The van der Waals surface area contributed by atoms with Crippen molar-refractivity contribution in [2.45, 2.75) is 26.2 Å². The second kappa shape index (κ2) is 5.67. The summed E-state index contributed by atoms with van der Waals surface area (Å²) < 4.78 is 13.4. The molecule has 0 spiro atoms. The number of hydrogen-bond acceptors (Lipinski definition) is 4. The Morgan fingerprint density at radius 3 is 2.86 bits per heavy atom. The number of carboxylic acid groups (broad SMARTS) is 1. The summed E-state index contributed by atoms with van der Waals surface area (Å²) in [6.07, 6.45) is 1.56. The zero-order chi connectivity index (χ0) is 15.6. The zero-order valence-corrected chi connectivity index (χ0v) is 11.7. The van der Waals surface area contributed by atoms with Gasteiger partial charge in [-0.2, -0.15) is 0 Å². The molecule has 1 heterocycles. The highest BCUT2D eigenvalue weighted by molar-refractivity contribution is 5.76. The van der Waals surface area contributed by atoms with Crippen LogP contribution in [0.2, 0.25) is 0 Å². The highest BCUT2D eigenvalue weighted by Gasteiger charge is 2.42. The summed E-state index contributed by atoms with van der Waals surface area (Å²) in [6, 6.07) is 3.26. The third-order valence-corrected chi connectivity index (χ3v) is 4.18. The first-order valence-electron chi connectivity index (χ1n) is 6.82. The van der Waals surface area contributed by atoms with E-state index in [1.54, 1.807) is 11.8 Å². The van der Waals surface area contributed by atoms with E-state index in [0.29, 0.717) is 25.8 Å². The second-order valence-corrected chi connectivity index (χ2v) is 5.35. The number of benzene rings is 1. The molecule has 0 aliphatic carbocycles. The molecule has 1 saturated heterocycles. The third kappa shape index (κ3) is 2.81. The Labute approximate surface area is 121 Å². The molecule has 0 radical (unpaired) electrons. The van der Waals surface area contributed by atoms with E-state index in [0.717, 1.165) is 18.2 Å². The lowest BCUT2D eigenvalue weighted by Gasteiger charge is -2.40. The molecule has 1 aliphatic rings. The van der Waals surface area contributed by atoms with Gasteiger partial charge in [-0.05, 0) is 25.3 Å². The highest BCUT2D eigenvalue weighted by atomic mass is 19.1. The average molecular weight is 296 g/mol. The Bertz CT molecular complexity index is 578. The maximum Gasteiger partial charge on any atom is 0.311 e. The Morgan fingerprint density at radius 2 is 2.29 bits per heavy atom. The van der Waals surface area contributed by atoms with Crippen molar-refractivity contribution in [3.8, 4) is 0 Å². The highest BCUT2D eigenvalue weighted by Crippen LogP contribution is 2.38. The van der Waals surface area contributed by atoms with Crippen LogP contribution in [0.3, 0.4) is 0 Å². The quantitative estimate of drug-likeness (QED) is 0.682. The van der Waals surface area contributed by atoms with Gasteiger partial charge in [-0.15, -0.1) is 0 Å². The van der Waals surface area contributed by atoms with Crippen LogP contribution in [0.5, 0.6) is 0 Å². The van der Waals surface area contributed by atoms with Crippen molar-refractivity contribution >= 4 is 17.3 Å². The van der Waals surface area contributed by atoms with E-state index in [-0.39, 0.29) is 17.9 Å². The van der Waals surface area contributed by atoms with Crippen LogP contribution in [0.15, 0.2) is 18.2 Å². The van der Waals surface area contributed by atoms with E-state index < -0.39 is 22.1 Å². The van der Waals surface area contributed by atoms with Crippen molar-refractivity contribution < 1.29 is 19.2 Å². The molecule has 1 unspecified atom stereocenters. The van der Waals surface area contributed by atoms with Gasteiger partial charge in [-0.1, -0.05) is 6.92 Å². The standard InChI is InChI=1S/C14H17FN2O4/c1-2-14(13(18)19)6-3-7-16(9-14)12-8-10(15)4-5-11(12)17(20)21/h4-5,8H,2-3,6-7,9H2,1H3,(H,18,19). The monoisotopic (exact) mass is 296 g/mol. The maximum absolute atomic E-state index is 13.4. The van der Waals surface area contributed by atoms with Gasteiger partial charge in [-0.25, -0.2) is 4.39 Å². The van der Waals surface area contributed by atoms with E-state index in [9.17, 15) is 24.4 Å². The molecular formula is C14H17FN2O4. The van der Waals surface area contributed by atoms with Crippen LogP contribution in [0.25, 0.3) is 0 Å². The van der Waals surface area contributed by atoms with Gasteiger partial charge >= 0.3 is 5.97 Å². The van der Waals surface area contributed by atoms with Crippen LogP contribution in [0.4, 0.5) is 15.8 Å². The molecule has 0 aromatic heterocycles. The summed E-state index contributed by atoms with van der Waals surface area (Å²) in [4.78, 5) is 23.7. The molecule has 21 heavy (non-hydrogen) atoms. The van der Waals surface area contributed by atoms with Crippen LogP contribution in [-0.4, -0.2) is 29.1 Å². The van der Waals surface area contributed by atoms with Gasteiger partial charge in [0.15, 0.2) is 0 Å². The molecule has 1 N–H and O–H groups in total. The van der Waals surface area contributed by atoms with E-state index >= 15 is 0 Å². The van der Waals surface area contributed by atoms with Crippen LogP contribution in [0, 0.1) is 21.3 Å². The Hall–Kier alpha value is -2.18. The first-order valence-corrected chi connectivity index (χ1v) is 6.82. The van der Waals surface area contributed by atoms with Crippen LogP contribution in [0.1, 0.15) is 26.2 Å². The normalized spacial score (nSPS) is 22.1. The molecule has 7 heteroatoms.